The topological polar surface area (TPSA) is 75.7 Å². The number of nitrogens with zero attached hydrogens (tertiary/aromatic N) is 1. The van der Waals surface area contributed by atoms with E-state index in [1.165, 1.54) is 10.6 Å². The van der Waals surface area contributed by atoms with Crippen molar-refractivity contribution in [2.45, 2.75) is 12.8 Å². The van der Waals surface area contributed by atoms with Gasteiger partial charge in [0.25, 0.3) is 0 Å². The van der Waals surface area contributed by atoms with E-state index in [1.807, 2.05) is 6.07 Å². The van der Waals surface area contributed by atoms with Gasteiger partial charge in [0.2, 0.25) is 10.0 Å². The van der Waals surface area contributed by atoms with E-state index in [0.29, 0.717) is 23.7 Å². The second-order valence-corrected chi connectivity index (χ2v) is 7.52. The molecule has 0 bridgehead atoms. The lowest BCUT2D eigenvalue weighted by molar-refractivity contribution is 0.215. The van der Waals surface area contributed by atoms with E-state index < -0.39 is 16.1 Å². The average molecular weight is 346 g/mol. The number of aryl methyl sites for hydroxylation is 1. The van der Waals surface area contributed by atoms with Gasteiger partial charge >= 0.3 is 6.09 Å². The Balaban J connectivity index is 1.76. The van der Waals surface area contributed by atoms with E-state index in [2.05, 4.69) is 5.32 Å². The fourth-order valence-corrected chi connectivity index (χ4v) is 3.72. The molecular weight excluding hydrogens is 328 g/mol. The summed E-state index contributed by atoms with van der Waals surface area (Å²) in [5, 5.41) is 2.66. The van der Waals surface area contributed by atoms with Gasteiger partial charge in [-0.1, -0.05) is 18.2 Å². The second kappa shape index (κ2) is 6.52. The fourth-order valence-electron chi connectivity index (χ4n) is 2.72. The van der Waals surface area contributed by atoms with Crippen LogP contribution in [0.4, 0.5) is 16.2 Å². The summed E-state index contributed by atoms with van der Waals surface area (Å²) in [7, 11) is -3.29. The molecule has 0 aromatic heterocycles. The molecule has 0 saturated carbocycles. The van der Waals surface area contributed by atoms with Crippen molar-refractivity contribution in [3.63, 3.8) is 0 Å². The minimum absolute atomic E-state index is 0.455. The van der Waals surface area contributed by atoms with Crippen LogP contribution in [0, 0.1) is 0 Å². The number of rotatable bonds is 3. The highest BCUT2D eigenvalue weighted by atomic mass is 32.2. The molecular formula is C17H18N2O4S. The molecule has 2 aromatic rings. The molecule has 7 heteroatoms. The first kappa shape index (κ1) is 16.3. The van der Waals surface area contributed by atoms with Crippen molar-refractivity contribution in [1.29, 1.82) is 0 Å². The number of ether oxygens (including phenoxy) is 1. The van der Waals surface area contributed by atoms with Crippen LogP contribution in [0.5, 0.6) is 5.75 Å². The number of carbonyl (C=O) groups is 1. The molecule has 1 aliphatic heterocycles. The summed E-state index contributed by atoms with van der Waals surface area (Å²) in [6.07, 6.45) is 2.13. The Kier molecular flexibility index (Phi) is 4.44. The maximum absolute atomic E-state index is 11.9. The first-order chi connectivity index (χ1) is 11.4. The van der Waals surface area contributed by atoms with Gasteiger partial charge in [-0.05, 0) is 48.7 Å². The number of benzene rings is 2. The van der Waals surface area contributed by atoms with Crippen LogP contribution in [0.2, 0.25) is 0 Å². The predicted molar refractivity (Wildman–Crippen MR) is 93.0 cm³/mol. The van der Waals surface area contributed by atoms with E-state index >= 15 is 0 Å². The summed E-state index contributed by atoms with van der Waals surface area (Å²) in [5.74, 6) is 0.455. The number of carbonyl (C=O) groups excluding carboxylic acids is 1. The van der Waals surface area contributed by atoms with Gasteiger partial charge < -0.3 is 4.74 Å². The van der Waals surface area contributed by atoms with Crippen molar-refractivity contribution in [3.05, 3.63) is 54.1 Å². The lowest BCUT2D eigenvalue weighted by Gasteiger charge is -2.29. The first-order valence-electron chi connectivity index (χ1n) is 7.58. The summed E-state index contributed by atoms with van der Waals surface area (Å²) >= 11 is 0. The lowest BCUT2D eigenvalue weighted by atomic mass is 10.0. The van der Waals surface area contributed by atoms with E-state index in [0.717, 1.165) is 18.4 Å². The van der Waals surface area contributed by atoms with Crippen LogP contribution >= 0.6 is 0 Å². The Bertz CT molecular complexity index is 850. The van der Waals surface area contributed by atoms with Crippen molar-refractivity contribution < 1.29 is 17.9 Å². The minimum atomic E-state index is -3.29. The van der Waals surface area contributed by atoms with E-state index in [9.17, 15) is 13.2 Å². The van der Waals surface area contributed by atoms with Gasteiger partial charge in [-0.3, -0.25) is 9.62 Å². The van der Waals surface area contributed by atoms with Gasteiger partial charge in [-0.25, -0.2) is 13.2 Å². The van der Waals surface area contributed by atoms with Crippen LogP contribution in [0.3, 0.4) is 0 Å². The molecule has 0 spiro atoms. The zero-order valence-electron chi connectivity index (χ0n) is 13.2. The summed E-state index contributed by atoms with van der Waals surface area (Å²) in [6, 6.07) is 14.0. The monoisotopic (exact) mass is 346 g/mol. The molecule has 0 radical (unpaired) electrons. The molecule has 0 unspecified atom stereocenters. The molecule has 1 heterocycles. The van der Waals surface area contributed by atoms with Crippen LogP contribution in [0.1, 0.15) is 12.0 Å². The number of anilines is 2. The normalized spacial score (nSPS) is 14.0. The minimum Gasteiger partial charge on any atom is -0.410 e. The quantitative estimate of drug-likeness (QED) is 0.927. The molecule has 0 saturated heterocycles. The molecule has 3 rings (SSSR count). The molecule has 0 fully saturated rings. The second-order valence-electron chi connectivity index (χ2n) is 5.61. The summed E-state index contributed by atoms with van der Waals surface area (Å²) < 4.78 is 30.3. The van der Waals surface area contributed by atoms with Crippen LogP contribution < -0.4 is 14.4 Å². The predicted octanol–water partition coefficient (Wildman–Crippen LogP) is 3.01. The molecule has 6 nitrogen and oxygen atoms in total. The number of sulfonamides is 1. The molecule has 1 N–H and O–H groups in total. The van der Waals surface area contributed by atoms with Crippen LogP contribution in [-0.2, 0) is 16.4 Å². The third-order valence-electron chi connectivity index (χ3n) is 3.76. The SMILES string of the molecule is CS(=O)(=O)N1CCCc2cc(NC(=O)Oc3ccccc3)ccc21. The molecule has 1 amide bonds. The van der Waals surface area contributed by atoms with Crippen molar-refractivity contribution in [1.82, 2.24) is 0 Å². The Morgan fingerprint density at radius 2 is 1.92 bits per heavy atom. The van der Waals surface area contributed by atoms with Gasteiger partial charge in [-0.15, -0.1) is 0 Å². The zero-order chi connectivity index (χ0) is 17.2. The molecule has 0 atom stereocenters. The lowest BCUT2D eigenvalue weighted by Crippen LogP contribution is -2.34. The largest absolute Gasteiger partial charge is 0.417 e. The standard InChI is InChI=1S/C17H18N2O4S/c1-24(21,22)19-11-5-6-13-12-14(9-10-16(13)19)18-17(20)23-15-7-3-2-4-8-15/h2-4,7-10,12H,5-6,11H2,1H3,(H,18,20). The zero-order valence-corrected chi connectivity index (χ0v) is 14.0. The third-order valence-corrected chi connectivity index (χ3v) is 4.94. The molecule has 1 aliphatic rings. The molecule has 2 aromatic carbocycles. The van der Waals surface area contributed by atoms with Gasteiger partial charge in [0, 0.05) is 12.2 Å². The Morgan fingerprint density at radius 1 is 1.17 bits per heavy atom. The van der Waals surface area contributed by atoms with Crippen molar-refractivity contribution >= 4 is 27.5 Å². The van der Waals surface area contributed by atoms with Gasteiger partial charge in [0.05, 0.1) is 11.9 Å². The van der Waals surface area contributed by atoms with Crippen molar-refractivity contribution in [3.8, 4) is 5.75 Å². The average Bonchev–Trinajstić information content (AvgIpc) is 2.54. The number of amides is 1. The number of hydrogen-bond acceptors (Lipinski definition) is 4. The van der Waals surface area contributed by atoms with Crippen molar-refractivity contribution in [2.75, 3.05) is 22.4 Å². The molecule has 24 heavy (non-hydrogen) atoms. The highest BCUT2D eigenvalue weighted by Gasteiger charge is 2.24. The van der Waals surface area contributed by atoms with Gasteiger partial charge in [0.15, 0.2) is 0 Å². The van der Waals surface area contributed by atoms with Crippen molar-refractivity contribution in [2.24, 2.45) is 0 Å². The van der Waals surface area contributed by atoms with E-state index in [4.69, 9.17) is 4.74 Å². The maximum atomic E-state index is 11.9. The number of nitrogens with one attached hydrogen (secondary N) is 1. The van der Waals surface area contributed by atoms with Gasteiger partial charge in [0.1, 0.15) is 5.75 Å². The number of fused-ring (bicyclic) bond motifs is 1. The smallest absolute Gasteiger partial charge is 0.410 e. The van der Waals surface area contributed by atoms with Crippen LogP contribution in [-0.4, -0.2) is 27.3 Å². The summed E-state index contributed by atoms with van der Waals surface area (Å²) in [5.41, 5.74) is 2.14. The summed E-state index contributed by atoms with van der Waals surface area (Å²) in [6.45, 7) is 0.481. The highest BCUT2D eigenvalue weighted by Crippen LogP contribution is 2.31. The fraction of sp³-hybridized carbons (Fsp3) is 0.235. The first-order valence-corrected chi connectivity index (χ1v) is 9.43. The third kappa shape index (κ3) is 3.68. The maximum Gasteiger partial charge on any atom is 0.417 e. The molecule has 126 valence electrons. The number of hydrogen-bond donors (Lipinski definition) is 1. The molecule has 0 aliphatic carbocycles. The van der Waals surface area contributed by atoms with Crippen LogP contribution in [0.25, 0.3) is 0 Å². The Hall–Kier alpha value is -2.54. The van der Waals surface area contributed by atoms with Crippen LogP contribution in [0.15, 0.2) is 48.5 Å². The Labute approximate surface area is 141 Å². The Morgan fingerprint density at radius 3 is 2.62 bits per heavy atom. The number of para-hydroxylation sites is 1. The highest BCUT2D eigenvalue weighted by molar-refractivity contribution is 7.92. The van der Waals surface area contributed by atoms with E-state index in [1.54, 1.807) is 42.5 Å². The summed E-state index contributed by atoms with van der Waals surface area (Å²) in [4.78, 5) is 11.9. The van der Waals surface area contributed by atoms with Gasteiger partial charge in [-0.2, -0.15) is 0 Å². The van der Waals surface area contributed by atoms with E-state index in [-0.39, 0.29) is 0 Å².